The Hall–Kier alpha value is -3.73. The Bertz CT molecular complexity index is 1440. The molecule has 0 fully saturated rings. The highest BCUT2D eigenvalue weighted by molar-refractivity contribution is 5.79. The van der Waals surface area contributed by atoms with Crippen LogP contribution in [0.25, 0.3) is 16.6 Å². The molecule has 0 aliphatic carbocycles. The number of carbonyl (C=O) groups excluding carboxylic acids is 1. The van der Waals surface area contributed by atoms with E-state index < -0.39 is 0 Å². The van der Waals surface area contributed by atoms with Crippen molar-refractivity contribution in [3.63, 3.8) is 0 Å². The first-order valence-electron chi connectivity index (χ1n) is 13.9. The van der Waals surface area contributed by atoms with Crippen molar-refractivity contribution in [3.05, 3.63) is 106 Å². The smallest absolute Gasteiger partial charge is 0.266 e. The van der Waals surface area contributed by atoms with Gasteiger partial charge < -0.3 is 4.90 Å². The lowest BCUT2D eigenvalue weighted by Crippen LogP contribution is -2.39. The van der Waals surface area contributed by atoms with E-state index in [4.69, 9.17) is 4.98 Å². The van der Waals surface area contributed by atoms with E-state index >= 15 is 0 Å². The van der Waals surface area contributed by atoms with Crippen LogP contribution in [-0.2, 0) is 11.2 Å². The van der Waals surface area contributed by atoms with Crippen LogP contribution in [0.5, 0.6) is 0 Å². The highest BCUT2D eigenvalue weighted by atomic mass is 16.2. The molecule has 0 bridgehead atoms. The molecule has 198 valence electrons. The molecule has 0 saturated heterocycles. The maximum Gasteiger partial charge on any atom is 0.266 e. The SMILES string of the molecule is CCCCCN(C(=O)CCc1ccccc1)C(CC)c1nc2ccccc2c(=O)n1-c1ccc(C)c(C)c1. The number of aromatic nitrogens is 2. The number of benzene rings is 3. The average Bonchev–Trinajstić information content (AvgIpc) is 2.94. The number of carbonyl (C=O) groups is 1. The third-order valence-corrected chi connectivity index (χ3v) is 7.40. The number of unbranched alkanes of at least 4 members (excludes halogenated alkanes) is 2. The minimum atomic E-state index is -0.311. The summed E-state index contributed by atoms with van der Waals surface area (Å²) >= 11 is 0. The van der Waals surface area contributed by atoms with E-state index in [2.05, 4.69) is 39.8 Å². The number of para-hydroxylation sites is 1. The van der Waals surface area contributed by atoms with Gasteiger partial charge in [-0.3, -0.25) is 14.2 Å². The van der Waals surface area contributed by atoms with Gasteiger partial charge in [0.15, 0.2) is 0 Å². The van der Waals surface area contributed by atoms with Crippen LogP contribution in [0.15, 0.2) is 77.6 Å². The summed E-state index contributed by atoms with van der Waals surface area (Å²) in [5.74, 6) is 0.731. The largest absolute Gasteiger partial charge is 0.332 e. The lowest BCUT2D eigenvalue weighted by molar-refractivity contribution is -0.134. The number of amides is 1. The van der Waals surface area contributed by atoms with Gasteiger partial charge in [-0.15, -0.1) is 0 Å². The average molecular weight is 510 g/mol. The second-order valence-corrected chi connectivity index (χ2v) is 10.1. The van der Waals surface area contributed by atoms with Gasteiger partial charge in [0.05, 0.1) is 22.6 Å². The fourth-order valence-electron chi connectivity index (χ4n) is 5.06. The molecule has 1 unspecified atom stereocenters. The molecule has 0 saturated carbocycles. The molecule has 4 aromatic rings. The minimum Gasteiger partial charge on any atom is -0.332 e. The summed E-state index contributed by atoms with van der Waals surface area (Å²) in [6.07, 6.45) is 4.83. The summed E-state index contributed by atoms with van der Waals surface area (Å²) < 4.78 is 1.74. The van der Waals surface area contributed by atoms with Gasteiger partial charge in [0.1, 0.15) is 5.82 Å². The van der Waals surface area contributed by atoms with E-state index in [9.17, 15) is 9.59 Å². The van der Waals surface area contributed by atoms with Crippen molar-refractivity contribution in [2.24, 2.45) is 0 Å². The van der Waals surface area contributed by atoms with Gasteiger partial charge >= 0.3 is 0 Å². The Morgan fingerprint density at radius 1 is 0.921 bits per heavy atom. The molecule has 1 aromatic heterocycles. The lowest BCUT2D eigenvalue weighted by Gasteiger charge is -2.33. The topological polar surface area (TPSA) is 55.2 Å². The molecule has 5 heteroatoms. The molecule has 1 amide bonds. The van der Waals surface area contributed by atoms with Crippen LogP contribution in [0.1, 0.15) is 74.5 Å². The molecule has 0 spiro atoms. The van der Waals surface area contributed by atoms with Crippen LogP contribution >= 0.6 is 0 Å². The number of hydrogen-bond donors (Lipinski definition) is 0. The zero-order chi connectivity index (χ0) is 27.1. The highest BCUT2D eigenvalue weighted by Crippen LogP contribution is 2.28. The normalized spacial score (nSPS) is 12.0. The quantitative estimate of drug-likeness (QED) is 0.203. The number of fused-ring (bicyclic) bond motifs is 1. The van der Waals surface area contributed by atoms with Gasteiger partial charge in [-0.05, 0) is 74.1 Å². The van der Waals surface area contributed by atoms with Crippen molar-refractivity contribution in [2.45, 2.75) is 72.3 Å². The zero-order valence-electron chi connectivity index (χ0n) is 23.1. The molecule has 0 radical (unpaired) electrons. The van der Waals surface area contributed by atoms with Crippen LogP contribution in [0, 0.1) is 13.8 Å². The minimum absolute atomic E-state index is 0.0995. The van der Waals surface area contributed by atoms with E-state index in [0.717, 1.165) is 36.1 Å². The third kappa shape index (κ3) is 6.04. The molecule has 0 N–H and O–H groups in total. The molecule has 0 aliphatic heterocycles. The summed E-state index contributed by atoms with van der Waals surface area (Å²) in [4.78, 5) is 34.8. The van der Waals surface area contributed by atoms with Crippen LogP contribution in [0.3, 0.4) is 0 Å². The van der Waals surface area contributed by atoms with Gasteiger partial charge in [0.25, 0.3) is 5.56 Å². The van der Waals surface area contributed by atoms with Crippen molar-refractivity contribution in [3.8, 4) is 5.69 Å². The standard InChI is InChI=1S/C33H39N3O2/c1-5-7-13-22-35(31(37)21-19-26-14-9-8-10-15-26)30(6-2)32-34-29-17-12-11-16-28(29)33(38)36(32)27-20-18-24(3)25(4)23-27/h8-12,14-18,20,23,30H,5-7,13,19,21-22H2,1-4H3. The summed E-state index contributed by atoms with van der Waals surface area (Å²) in [6.45, 7) is 9.02. The van der Waals surface area contributed by atoms with Crippen molar-refractivity contribution in [1.29, 1.82) is 0 Å². The van der Waals surface area contributed by atoms with Gasteiger partial charge in [-0.1, -0.05) is 75.2 Å². The maximum absolute atomic E-state index is 13.9. The first-order chi connectivity index (χ1) is 18.4. The van der Waals surface area contributed by atoms with Crippen molar-refractivity contribution < 1.29 is 4.79 Å². The van der Waals surface area contributed by atoms with Gasteiger partial charge in [-0.25, -0.2) is 4.98 Å². The fourth-order valence-corrected chi connectivity index (χ4v) is 5.06. The van der Waals surface area contributed by atoms with Crippen LogP contribution in [0.2, 0.25) is 0 Å². The van der Waals surface area contributed by atoms with Crippen molar-refractivity contribution in [1.82, 2.24) is 14.5 Å². The maximum atomic E-state index is 13.9. The molecule has 5 nitrogen and oxygen atoms in total. The first-order valence-corrected chi connectivity index (χ1v) is 13.9. The Balaban J connectivity index is 1.82. The zero-order valence-corrected chi connectivity index (χ0v) is 23.1. The summed E-state index contributed by atoms with van der Waals surface area (Å²) in [6, 6.07) is 23.4. The molecule has 1 heterocycles. The summed E-state index contributed by atoms with van der Waals surface area (Å²) in [5, 5.41) is 0.581. The molecule has 3 aromatic carbocycles. The van der Waals surface area contributed by atoms with Crippen LogP contribution in [0.4, 0.5) is 0 Å². The Kier molecular flexibility index (Phi) is 9.11. The second-order valence-electron chi connectivity index (χ2n) is 10.1. The van der Waals surface area contributed by atoms with E-state index in [-0.39, 0.29) is 17.5 Å². The van der Waals surface area contributed by atoms with Gasteiger partial charge in [0, 0.05) is 13.0 Å². The van der Waals surface area contributed by atoms with Crippen LogP contribution in [-0.4, -0.2) is 26.9 Å². The predicted molar refractivity (Wildman–Crippen MR) is 156 cm³/mol. The Labute approximate surface area is 226 Å². The number of hydrogen-bond acceptors (Lipinski definition) is 3. The molecular weight excluding hydrogens is 470 g/mol. The number of rotatable bonds is 11. The van der Waals surface area contributed by atoms with Crippen molar-refractivity contribution in [2.75, 3.05) is 6.54 Å². The summed E-state index contributed by atoms with van der Waals surface area (Å²) in [7, 11) is 0. The molecule has 1 atom stereocenters. The summed E-state index contributed by atoms with van der Waals surface area (Å²) in [5.41, 5.74) is 4.78. The highest BCUT2D eigenvalue weighted by Gasteiger charge is 2.28. The number of aryl methyl sites for hydroxylation is 3. The molecule has 0 aliphatic rings. The van der Waals surface area contributed by atoms with Crippen LogP contribution < -0.4 is 5.56 Å². The molecular formula is C33H39N3O2. The Morgan fingerprint density at radius 2 is 1.66 bits per heavy atom. The lowest BCUT2D eigenvalue weighted by atomic mass is 10.1. The predicted octanol–water partition coefficient (Wildman–Crippen LogP) is 7.11. The van der Waals surface area contributed by atoms with E-state index in [1.54, 1.807) is 4.57 Å². The van der Waals surface area contributed by atoms with E-state index in [0.29, 0.717) is 42.5 Å². The second kappa shape index (κ2) is 12.7. The van der Waals surface area contributed by atoms with Crippen molar-refractivity contribution >= 4 is 16.8 Å². The van der Waals surface area contributed by atoms with Gasteiger partial charge in [-0.2, -0.15) is 0 Å². The number of nitrogens with zero attached hydrogens (tertiary/aromatic N) is 3. The fraction of sp³-hybridized carbons (Fsp3) is 0.364. The van der Waals surface area contributed by atoms with Gasteiger partial charge in [0.2, 0.25) is 5.91 Å². The molecule has 4 rings (SSSR count). The molecule has 38 heavy (non-hydrogen) atoms. The van der Waals surface area contributed by atoms with E-state index in [1.807, 2.05) is 65.6 Å². The first kappa shape index (κ1) is 27.3. The monoisotopic (exact) mass is 509 g/mol. The van der Waals surface area contributed by atoms with E-state index in [1.165, 1.54) is 5.56 Å². The Morgan fingerprint density at radius 3 is 2.37 bits per heavy atom. The third-order valence-electron chi connectivity index (χ3n) is 7.40.